The van der Waals surface area contributed by atoms with Gasteiger partial charge in [0.1, 0.15) is 0 Å². The molecule has 2 aliphatic heterocycles. The van der Waals surface area contributed by atoms with Crippen LogP contribution in [-0.4, -0.2) is 87.0 Å². The average molecular weight is 378 g/mol. The van der Waals surface area contributed by atoms with Crippen LogP contribution in [0, 0.1) is 0 Å². The number of likely N-dealkylation sites (tertiary alicyclic amines) is 1. The van der Waals surface area contributed by atoms with Crippen molar-refractivity contribution in [2.75, 3.05) is 39.3 Å². The van der Waals surface area contributed by atoms with Gasteiger partial charge in [0, 0.05) is 68.7 Å². The van der Waals surface area contributed by atoms with Crippen molar-refractivity contribution in [3.05, 3.63) is 18.0 Å². The van der Waals surface area contributed by atoms with Crippen LogP contribution in [0.15, 0.2) is 12.4 Å². The minimum atomic E-state index is 0.283. The van der Waals surface area contributed by atoms with E-state index in [1.165, 1.54) is 31.5 Å². The molecule has 0 bridgehead atoms. The van der Waals surface area contributed by atoms with E-state index < -0.39 is 0 Å². The molecule has 1 atom stereocenters. The van der Waals surface area contributed by atoms with Gasteiger partial charge in [0.05, 0.1) is 6.20 Å². The summed E-state index contributed by atoms with van der Waals surface area (Å²) in [6, 6.07) is 2.22. The third kappa shape index (κ3) is 5.31. The summed E-state index contributed by atoms with van der Waals surface area (Å²) in [5.74, 6) is 0. The molecular formula is C21H39N5O. The predicted molar refractivity (Wildman–Crippen MR) is 110 cm³/mol. The van der Waals surface area contributed by atoms with Gasteiger partial charge in [-0.3, -0.25) is 14.5 Å². The average Bonchev–Trinajstić information content (AvgIpc) is 3.11. The van der Waals surface area contributed by atoms with Crippen molar-refractivity contribution in [1.29, 1.82) is 0 Å². The van der Waals surface area contributed by atoms with Crippen LogP contribution in [0.2, 0.25) is 0 Å². The van der Waals surface area contributed by atoms with Crippen molar-refractivity contribution in [3.8, 4) is 0 Å². The molecular weight excluding hydrogens is 338 g/mol. The lowest BCUT2D eigenvalue weighted by atomic mass is 9.97. The van der Waals surface area contributed by atoms with Crippen molar-refractivity contribution in [2.45, 2.75) is 77.7 Å². The van der Waals surface area contributed by atoms with Crippen molar-refractivity contribution in [1.82, 2.24) is 24.5 Å². The highest BCUT2D eigenvalue weighted by Gasteiger charge is 2.33. The van der Waals surface area contributed by atoms with E-state index in [0.717, 1.165) is 32.6 Å². The molecule has 1 unspecified atom stereocenters. The summed E-state index contributed by atoms with van der Waals surface area (Å²) >= 11 is 0. The first-order valence-corrected chi connectivity index (χ1v) is 10.8. The van der Waals surface area contributed by atoms with Crippen LogP contribution in [0.1, 0.15) is 58.6 Å². The van der Waals surface area contributed by atoms with Crippen LogP contribution in [-0.2, 0) is 6.54 Å². The highest BCUT2D eigenvalue weighted by Crippen LogP contribution is 2.25. The molecule has 1 aromatic heterocycles. The van der Waals surface area contributed by atoms with Gasteiger partial charge >= 0.3 is 0 Å². The van der Waals surface area contributed by atoms with E-state index in [9.17, 15) is 5.11 Å². The Morgan fingerprint density at radius 1 is 1.07 bits per heavy atom. The zero-order valence-corrected chi connectivity index (χ0v) is 17.7. The van der Waals surface area contributed by atoms with E-state index in [0.29, 0.717) is 24.2 Å². The van der Waals surface area contributed by atoms with Crippen LogP contribution in [0.5, 0.6) is 0 Å². The Balaban J connectivity index is 1.56. The lowest BCUT2D eigenvalue weighted by molar-refractivity contribution is -0.0000384. The maximum absolute atomic E-state index is 9.62. The summed E-state index contributed by atoms with van der Waals surface area (Å²) in [5.41, 5.74) is 1.30. The van der Waals surface area contributed by atoms with Crippen LogP contribution >= 0.6 is 0 Å². The van der Waals surface area contributed by atoms with Gasteiger partial charge in [-0.25, -0.2) is 0 Å². The Kier molecular flexibility index (Phi) is 7.31. The minimum Gasteiger partial charge on any atom is -0.396 e. The third-order valence-corrected chi connectivity index (χ3v) is 6.36. The summed E-state index contributed by atoms with van der Waals surface area (Å²) in [6.45, 7) is 15.9. The largest absolute Gasteiger partial charge is 0.396 e. The zero-order valence-electron chi connectivity index (χ0n) is 17.7. The molecule has 2 saturated heterocycles. The Morgan fingerprint density at radius 2 is 1.81 bits per heavy atom. The second kappa shape index (κ2) is 9.50. The molecule has 27 heavy (non-hydrogen) atoms. The molecule has 6 nitrogen and oxygen atoms in total. The van der Waals surface area contributed by atoms with E-state index in [-0.39, 0.29) is 6.61 Å². The summed E-state index contributed by atoms with van der Waals surface area (Å²) < 4.78 is 2.04. The number of hydrogen-bond acceptors (Lipinski definition) is 5. The van der Waals surface area contributed by atoms with Gasteiger partial charge in [0.15, 0.2) is 0 Å². The van der Waals surface area contributed by atoms with Crippen LogP contribution in [0.4, 0.5) is 0 Å². The summed E-state index contributed by atoms with van der Waals surface area (Å²) in [4.78, 5) is 7.85. The number of piperazine rings is 1. The maximum Gasteiger partial charge on any atom is 0.0534 e. The van der Waals surface area contributed by atoms with Crippen LogP contribution < -0.4 is 0 Å². The number of nitrogens with zero attached hydrogens (tertiary/aromatic N) is 5. The summed E-state index contributed by atoms with van der Waals surface area (Å²) in [5, 5.41) is 14.1. The Morgan fingerprint density at radius 3 is 2.41 bits per heavy atom. The Bertz CT molecular complexity index is 565. The van der Waals surface area contributed by atoms with E-state index >= 15 is 0 Å². The molecule has 0 spiro atoms. The zero-order chi connectivity index (χ0) is 19.4. The standard InChI is InChI=1S/C21H39N5O/c1-17(2)24-8-5-20(6-9-24)25-11-10-23(16-21(25)7-12-27)14-19-13-22-26(15-19)18(3)4/h13,15,17-18,20-21,27H,5-12,14,16H2,1-4H3. The summed E-state index contributed by atoms with van der Waals surface area (Å²) in [7, 11) is 0. The highest BCUT2D eigenvalue weighted by molar-refractivity contribution is 5.05. The van der Waals surface area contributed by atoms with Gasteiger partial charge in [-0.15, -0.1) is 0 Å². The topological polar surface area (TPSA) is 47.8 Å². The van der Waals surface area contributed by atoms with E-state index in [1.54, 1.807) is 0 Å². The van der Waals surface area contributed by atoms with E-state index in [1.807, 2.05) is 10.9 Å². The first-order chi connectivity index (χ1) is 13.0. The monoisotopic (exact) mass is 377 g/mol. The molecule has 0 radical (unpaired) electrons. The van der Waals surface area contributed by atoms with Gasteiger partial charge in [-0.05, 0) is 60.0 Å². The highest BCUT2D eigenvalue weighted by atomic mass is 16.3. The Labute approximate surface area is 165 Å². The number of aromatic nitrogens is 2. The van der Waals surface area contributed by atoms with Crippen molar-refractivity contribution >= 4 is 0 Å². The fraction of sp³-hybridized carbons (Fsp3) is 0.857. The Hall–Kier alpha value is -0.950. The number of piperidine rings is 1. The molecule has 2 aliphatic rings. The molecule has 0 amide bonds. The van der Waals surface area contributed by atoms with Crippen molar-refractivity contribution in [3.63, 3.8) is 0 Å². The number of aliphatic hydroxyl groups is 1. The van der Waals surface area contributed by atoms with Gasteiger partial charge < -0.3 is 10.0 Å². The quantitative estimate of drug-likeness (QED) is 0.789. The maximum atomic E-state index is 9.62. The number of aliphatic hydroxyl groups excluding tert-OH is 1. The lowest BCUT2D eigenvalue weighted by Gasteiger charge is -2.48. The minimum absolute atomic E-state index is 0.283. The first kappa shape index (κ1) is 20.8. The van der Waals surface area contributed by atoms with Gasteiger partial charge in [0.25, 0.3) is 0 Å². The molecule has 3 rings (SSSR count). The predicted octanol–water partition coefficient (Wildman–Crippen LogP) is 2.21. The summed E-state index contributed by atoms with van der Waals surface area (Å²) in [6.07, 6.45) is 7.60. The fourth-order valence-electron chi connectivity index (χ4n) is 4.70. The number of rotatable bonds is 7. The van der Waals surface area contributed by atoms with Gasteiger partial charge in [0.2, 0.25) is 0 Å². The second-order valence-corrected chi connectivity index (χ2v) is 8.92. The third-order valence-electron chi connectivity index (χ3n) is 6.36. The van der Waals surface area contributed by atoms with Gasteiger partial charge in [-0.1, -0.05) is 0 Å². The smallest absolute Gasteiger partial charge is 0.0534 e. The molecule has 0 aliphatic carbocycles. The molecule has 1 N–H and O–H groups in total. The number of hydrogen-bond donors (Lipinski definition) is 1. The molecule has 2 fully saturated rings. The molecule has 154 valence electrons. The normalized spacial score (nSPS) is 24.3. The fourth-order valence-corrected chi connectivity index (χ4v) is 4.70. The van der Waals surface area contributed by atoms with Crippen molar-refractivity contribution in [2.24, 2.45) is 0 Å². The SMILES string of the molecule is CC(C)N1CCC(N2CCN(Cc3cnn(C(C)C)c3)CC2CCO)CC1. The first-order valence-electron chi connectivity index (χ1n) is 10.8. The molecule has 3 heterocycles. The van der Waals surface area contributed by atoms with Crippen molar-refractivity contribution < 1.29 is 5.11 Å². The van der Waals surface area contributed by atoms with Crippen LogP contribution in [0.25, 0.3) is 0 Å². The lowest BCUT2D eigenvalue weighted by Crippen LogP contribution is -2.58. The van der Waals surface area contributed by atoms with Gasteiger partial charge in [-0.2, -0.15) is 5.10 Å². The molecule has 0 aromatic carbocycles. The second-order valence-electron chi connectivity index (χ2n) is 8.92. The van der Waals surface area contributed by atoms with E-state index in [4.69, 9.17) is 0 Å². The molecule has 1 aromatic rings. The molecule has 6 heteroatoms. The molecule has 0 saturated carbocycles. The van der Waals surface area contributed by atoms with E-state index in [2.05, 4.69) is 53.7 Å². The van der Waals surface area contributed by atoms with Crippen LogP contribution in [0.3, 0.4) is 0 Å².